The van der Waals surface area contributed by atoms with E-state index in [1.54, 1.807) is 0 Å². The van der Waals surface area contributed by atoms with E-state index in [1.165, 1.54) is 27.8 Å². The number of para-hydroxylation sites is 3. The van der Waals surface area contributed by atoms with Crippen LogP contribution in [0.15, 0.2) is 243 Å². The maximum Gasteiger partial charge on any atom is 0.238 e. The van der Waals surface area contributed by atoms with Crippen LogP contribution in [0.3, 0.4) is 0 Å². The van der Waals surface area contributed by atoms with Gasteiger partial charge in [-0.1, -0.05) is 212 Å². The normalized spacial score (nSPS) is 13.7. The molecule has 320 valence electrons. The van der Waals surface area contributed by atoms with Gasteiger partial charge in [0.1, 0.15) is 0 Å². The SMILES string of the molecule is C1=CC(c2cccc(-c3nc(-c4ccccc4)nc(-n4c5ccccc5c5ccc6c(c7ccccc7n6-c6ccccc6-c6ccc(-c7ccccc7)cc6)c54)n3)c2)CC(c2ccccc2)=C1. The molecule has 0 aliphatic heterocycles. The summed E-state index contributed by atoms with van der Waals surface area (Å²) in [4.78, 5) is 16.1. The third kappa shape index (κ3) is 6.75. The van der Waals surface area contributed by atoms with Crippen molar-refractivity contribution in [3.63, 3.8) is 0 Å². The van der Waals surface area contributed by atoms with E-state index in [9.17, 15) is 0 Å². The molecule has 0 saturated heterocycles. The number of aromatic nitrogens is 5. The molecule has 12 aromatic rings. The number of benzene rings is 9. The van der Waals surface area contributed by atoms with Gasteiger partial charge in [-0.3, -0.25) is 4.57 Å². The van der Waals surface area contributed by atoms with Crippen molar-refractivity contribution in [2.45, 2.75) is 12.3 Å². The highest BCUT2D eigenvalue weighted by molar-refractivity contribution is 6.26. The van der Waals surface area contributed by atoms with Crippen LogP contribution in [0.1, 0.15) is 23.5 Å². The molecule has 0 saturated carbocycles. The van der Waals surface area contributed by atoms with Crippen LogP contribution < -0.4 is 0 Å². The maximum absolute atomic E-state index is 5.46. The fourth-order valence-corrected chi connectivity index (χ4v) is 10.4. The van der Waals surface area contributed by atoms with Gasteiger partial charge in [0.15, 0.2) is 11.6 Å². The number of allylic oxidation sites excluding steroid dienone is 4. The monoisotopic (exact) mass is 869 g/mol. The van der Waals surface area contributed by atoms with E-state index in [2.05, 4.69) is 234 Å². The number of hydrogen-bond acceptors (Lipinski definition) is 3. The van der Waals surface area contributed by atoms with Gasteiger partial charge in [-0.25, -0.2) is 4.98 Å². The van der Waals surface area contributed by atoms with E-state index >= 15 is 0 Å². The summed E-state index contributed by atoms with van der Waals surface area (Å²) in [7, 11) is 0. The molecule has 5 heteroatoms. The zero-order valence-electron chi connectivity index (χ0n) is 37.1. The van der Waals surface area contributed by atoms with E-state index < -0.39 is 0 Å². The summed E-state index contributed by atoms with van der Waals surface area (Å²) in [5, 5.41) is 4.57. The summed E-state index contributed by atoms with van der Waals surface area (Å²) in [5.74, 6) is 2.03. The Morgan fingerprint density at radius 2 is 0.985 bits per heavy atom. The molecule has 0 radical (unpaired) electrons. The van der Waals surface area contributed by atoms with Gasteiger partial charge in [-0.2, -0.15) is 9.97 Å². The first-order chi connectivity index (χ1) is 33.7. The highest BCUT2D eigenvalue weighted by Gasteiger charge is 2.24. The van der Waals surface area contributed by atoms with Crippen LogP contribution in [0.2, 0.25) is 0 Å². The molecule has 0 amide bonds. The molecule has 0 spiro atoms. The first-order valence-electron chi connectivity index (χ1n) is 23.3. The molecule has 1 aliphatic rings. The lowest BCUT2D eigenvalue weighted by Crippen LogP contribution is -2.07. The molecular formula is C63H43N5. The summed E-state index contributed by atoms with van der Waals surface area (Å²) in [5.41, 5.74) is 15.8. The van der Waals surface area contributed by atoms with Gasteiger partial charge >= 0.3 is 0 Å². The minimum absolute atomic E-state index is 0.215. The summed E-state index contributed by atoms with van der Waals surface area (Å²) in [6.07, 6.45) is 7.65. The van der Waals surface area contributed by atoms with Crippen LogP contribution >= 0.6 is 0 Å². The van der Waals surface area contributed by atoms with Crippen LogP contribution in [0, 0.1) is 0 Å². The largest absolute Gasteiger partial charge is 0.309 e. The molecule has 9 aromatic carbocycles. The number of fused-ring (bicyclic) bond motifs is 7. The Morgan fingerprint density at radius 3 is 1.75 bits per heavy atom. The van der Waals surface area contributed by atoms with Crippen LogP contribution in [0.25, 0.3) is 106 Å². The molecule has 5 nitrogen and oxygen atoms in total. The molecule has 1 aliphatic carbocycles. The van der Waals surface area contributed by atoms with Gasteiger partial charge in [-0.05, 0) is 70.1 Å². The standard InChI is InChI=1S/C63H43N5/c1-4-18-42(19-5-1)44-34-36-45(37-35-44)51-28-10-13-31-55(51)67-57-33-15-12-30-54(57)59-58(67)39-38-53-52-29-11-14-32-56(52)68(60(53)59)63-65-61(46-22-8-3-9-23-46)64-62(66-63)50-27-17-26-49(41-50)48-25-16-24-47(40-48)43-20-6-2-7-21-43/h1-39,41,48H,40H2. The average Bonchev–Trinajstić information content (AvgIpc) is 3.95. The van der Waals surface area contributed by atoms with Gasteiger partial charge in [-0.15, -0.1) is 0 Å². The Balaban J connectivity index is 1.01. The highest BCUT2D eigenvalue weighted by atomic mass is 15.2. The number of hydrogen-bond donors (Lipinski definition) is 0. The second kappa shape index (κ2) is 16.5. The minimum Gasteiger partial charge on any atom is -0.309 e. The molecule has 1 atom stereocenters. The second-order valence-electron chi connectivity index (χ2n) is 17.5. The Morgan fingerprint density at radius 1 is 0.397 bits per heavy atom. The quantitative estimate of drug-likeness (QED) is 0.153. The molecule has 0 bridgehead atoms. The van der Waals surface area contributed by atoms with E-state index in [4.69, 9.17) is 15.0 Å². The molecule has 68 heavy (non-hydrogen) atoms. The maximum atomic E-state index is 5.46. The predicted octanol–water partition coefficient (Wildman–Crippen LogP) is 15.9. The second-order valence-corrected chi connectivity index (χ2v) is 17.5. The third-order valence-corrected chi connectivity index (χ3v) is 13.6. The lowest BCUT2D eigenvalue weighted by Gasteiger charge is -2.20. The Kier molecular flexibility index (Phi) is 9.57. The fraction of sp³-hybridized carbons (Fsp3) is 0.0317. The van der Waals surface area contributed by atoms with Gasteiger partial charge in [0, 0.05) is 44.2 Å². The molecule has 0 N–H and O–H groups in total. The zero-order valence-corrected chi connectivity index (χ0v) is 37.1. The molecule has 3 heterocycles. The molecule has 3 aromatic heterocycles. The lowest BCUT2D eigenvalue weighted by molar-refractivity contribution is 0.867. The lowest BCUT2D eigenvalue weighted by atomic mass is 9.85. The van der Waals surface area contributed by atoms with Gasteiger partial charge in [0.25, 0.3) is 0 Å². The van der Waals surface area contributed by atoms with Crippen LogP contribution in [0.5, 0.6) is 0 Å². The van der Waals surface area contributed by atoms with Crippen molar-refractivity contribution in [1.82, 2.24) is 24.1 Å². The van der Waals surface area contributed by atoms with E-state index in [1.807, 2.05) is 18.2 Å². The Bertz CT molecular complexity index is 3920. The van der Waals surface area contributed by atoms with Crippen LogP contribution in [-0.4, -0.2) is 24.1 Å². The number of rotatable bonds is 8. The molecule has 13 rings (SSSR count). The van der Waals surface area contributed by atoms with Gasteiger partial charge in [0.05, 0.1) is 27.8 Å². The minimum atomic E-state index is 0.215. The fourth-order valence-electron chi connectivity index (χ4n) is 10.4. The summed E-state index contributed by atoms with van der Waals surface area (Å²) in [6, 6.07) is 80.0. The zero-order chi connectivity index (χ0) is 45.0. The summed E-state index contributed by atoms with van der Waals surface area (Å²) < 4.78 is 4.71. The van der Waals surface area contributed by atoms with Crippen molar-refractivity contribution < 1.29 is 0 Å². The van der Waals surface area contributed by atoms with Crippen molar-refractivity contribution in [2.24, 2.45) is 0 Å². The van der Waals surface area contributed by atoms with Crippen molar-refractivity contribution in [1.29, 1.82) is 0 Å². The van der Waals surface area contributed by atoms with Crippen LogP contribution in [0.4, 0.5) is 0 Å². The van der Waals surface area contributed by atoms with E-state index in [0.717, 1.165) is 78.0 Å². The van der Waals surface area contributed by atoms with E-state index in [0.29, 0.717) is 17.6 Å². The number of nitrogens with zero attached hydrogens (tertiary/aromatic N) is 5. The predicted molar refractivity (Wildman–Crippen MR) is 281 cm³/mol. The van der Waals surface area contributed by atoms with Crippen molar-refractivity contribution in [2.75, 3.05) is 0 Å². The molecular weight excluding hydrogens is 827 g/mol. The average molecular weight is 870 g/mol. The van der Waals surface area contributed by atoms with Crippen molar-refractivity contribution in [3.05, 3.63) is 254 Å². The van der Waals surface area contributed by atoms with Gasteiger partial charge < -0.3 is 4.57 Å². The highest BCUT2D eigenvalue weighted by Crippen LogP contribution is 2.44. The first-order valence-corrected chi connectivity index (χ1v) is 23.3. The Hall–Kier alpha value is -8.93. The summed E-state index contributed by atoms with van der Waals surface area (Å²) >= 11 is 0. The topological polar surface area (TPSA) is 48.5 Å². The third-order valence-electron chi connectivity index (χ3n) is 13.6. The van der Waals surface area contributed by atoms with Crippen LogP contribution in [-0.2, 0) is 0 Å². The Labute approximate surface area is 394 Å². The van der Waals surface area contributed by atoms with Crippen molar-refractivity contribution in [3.8, 4) is 56.7 Å². The first kappa shape index (κ1) is 39.4. The molecule has 0 fully saturated rings. The smallest absolute Gasteiger partial charge is 0.238 e. The van der Waals surface area contributed by atoms with Gasteiger partial charge in [0.2, 0.25) is 5.95 Å². The van der Waals surface area contributed by atoms with Crippen molar-refractivity contribution >= 4 is 49.2 Å². The molecule has 1 unspecified atom stereocenters. The summed E-state index contributed by atoms with van der Waals surface area (Å²) in [6.45, 7) is 0. The van der Waals surface area contributed by atoms with E-state index in [-0.39, 0.29) is 5.92 Å².